The zero-order chi connectivity index (χ0) is 13.8. The monoisotopic (exact) mass is 263 g/mol. The van der Waals surface area contributed by atoms with Crippen molar-refractivity contribution in [2.24, 2.45) is 7.05 Å². The lowest BCUT2D eigenvalue weighted by molar-refractivity contribution is 0.923. The molecule has 0 unspecified atom stereocenters. The molecule has 0 aliphatic carbocycles. The van der Waals surface area contributed by atoms with Gasteiger partial charge in [0, 0.05) is 25.1 Å². The Hall–Kier alpha value is -2.55. The maximum atomic E-state index is 4.31. The average Bonchev–Trinajstić information content (AvgIpc) is 2.88. The molecule has 3 rings (SSSR count). The van der Waals surface area contributed by atoms with Gasteiger partial charge in [0.25, 0.3) is 0 Å². The van der Waals surface area contributed by atoms with Crippen LogP contribution in [0.5, 0.6) is 0 Å². The normalized spacial score (nSPS) is 10.4. The van der Waals surface area contributed by atoms with Crippen molar-refractivity contribution >= 4 is 11.6 Å². The lowest BCUT2D eigenvalue weighted by Gasteiger charge is -2.11. The van der Waals surface area contributed by atoms with E-state index in [1.54, 1.807) is 6.20 Å². The van der Waals surface area contributed by atoms with E-state index in [2.05, 4.69) is 52.8 Å². The third kappa shape index (κ3) is 2.72. The summed E-state index contributed by atoms with van der Waals surface area (Å²) in [6, 6.07) is 18.8. The van der Waals surface area contributed by atoms with Crippen LogP contribution in [-0.2, 0) is 13.5 Å². The van der Waals surface area contributed by atoms with Crippen molar-refractivity contribution in [1.82, 2.24) is 9.55 Å². The minimum Gasteiger partial charge on any atom is -0.325 e. The van der Waals surface area contributed by atoms with Crippen LogP contribution in [-0.4, -0.2) is 9.55 Å². The number of anilines is 2. The average molecular weight is 263 g/mol. The number of hydrogen-bond acceptors (Lipinski definition) is 2. The Morgan fingerprint density at radius 2 is 1.75 bits per heavy atom. The maximum absolute atomic E-state index is 4.31. The third-order valence-electron chi connectivity index (χ3n) is 3.32. The Bertz CT molecular complexity index is 686. The second-order valence-corrected chi connectivity index (χ2v) is 4.81. The molecule has 0 fully saturated rings. The van der Waals surface area contributed by atoms with Gasteiger partial charge in [-0.05, 0) is 23.6 Å². The van der Waals surface area contributed by atoms with E-state index < -0.39 is 0 Å². The standard InChI is InChI=1S/C17H17N3/c1-20-12-11-18-17(20)19-16-10-6-5-9-15(16)13-14-7-3-2-4-8-14/h2-12H,13H2,1H3,(H,18,19). The van der Waals surface area contributed by atoms with Crippen molar-refractivity contribution in [3.8, 4) is 0 Å². The van der Waals surface area contributed by atoms with Gasteiger partial charge in [-0.25, -0.2) is 4.98 Å². The van der Waals surface area contributed by atoms with Gasteiger partial charge in [-0.15, -0.1) is 0 Å². The molecule has 0 bridgehead atoms. The summed E-state index contributed by atoms with van der Waals surface area (Å²) >= 11 is 0. The molecule has 0 atom stereocenters. The van der Waals surface area contributed by atoms with E-state index in [0.717, 1.165) is 18.1 Å². The molecule has 100 valence electrons. The highest BCUT2D eigenvalue weighted by Crippen LogP contribution is 2.22. The fourth-order valence-electron chi connectivity index (χ4n) is 2.22. The van der Waals surface area contributed by atoms with E-state index in [-0.39, 0.29) is 0 Å². The zero-order valence-electron chi connectivity index (χ0n) is 11.5. The van der Waals surface area contributed by atoms with Gasteiger partial charge in [0.05, 0.1) is 0 Å². The van der Waals surface area contributed by atoms with Crippen molar-refractivity contribution < 1.29 is 0 Å². The van der Waals surface area contributed by atoms with Gasteiger partial charge >= 0.3 is 0 Å². The Labute approximate surface area is 118 Å². The number of imidazole rings is 1. The maximum Gasteiger partial charge on any atom is 0.207 e. The number of nitrogens with one attached hydrogen (secondary N) is 1. The first kappa shape index (κ1) is 12.5. The first-order chi connectivity index (χ1) is 9.83. The van der Waals surface area contributed by atoms with Crippen LogP contribution in [0.15, 0.2) is 67.0 Å². The molecule has 3 nitrogen and oxygen atoms in total. The summed E-state index contributed by atoms with van der Waals surface area (Å²) in [6.07, 6.45) is 4.64. The van der Waals surface area contributed by atoms with Crippen molar-refractivity contribution in [1.29, 1.82) is 0 Å². The highest BCUT2D eigenvalue weighted by molar-refractivity contribution is 5.59. The highest BCUT2D eigenvalue weighted by atomic mass is 15.2. The number of para-hydroxylation sites is 1. The molecule has 3 heteroatoms. The smallest absolute Gasteiger partial charge is 0.207 e. The molecule has 0 aliphatic rings. The Kier molecular flexibility index (Phi) is 3.50. The molecule has 20 heavy (non-hydrogen) atoms. The predicted molar refractivity (Wildman–Crippen MR) is 82.2 cm³/mol. The van der Waals surface area contributed by atoms with Crippen LogP contribution in [0, 0.1) is 0 Å². The lowest BCUT2D eigenvalue weighted by atomic mass is 10.0. The second kappa shape index (κ2) is 5.61. The molecule has 1 aromatic heterocycles. The molecular formula is C17H17N3. The minimum atomic E-state index is 0.852. The van der Waals surface area contributed by atoms with Gasteiger partial charge in [0.1, 0.15) is 0 Å². The number of nitrogens with zero attached hydrogens (tertiary/aromatic N) is 2. The van der Waals surface area contributed by atoms with Crippen LogP contribution in [0.1, 0.15) is 11.1 Å². The summed E-state index contributed by atoms with van der Waals surface area (Å²) in [5.74, 6) is 0.852. The fraction of sp³-hybridized carbons (Fsp3) is 0.118. The van der Waals surface area contributed by atoms with Gasteiger partial charge in [-0.2, -0.15) is 0 Å². The summed E-state index contributed by atoms with van der Waals surface area (Å²) in [5, 5.41) is 3.39. The summed E-state index contributed by atoms with van der Waals surface area (Å²) in [5.41, 5.74) is 3.67. The summed E-state index contributed by atoms with van der Waals surface area (Å²) in [7, 11) is 1.98. The second-order valence-electron chi connectivity index (χ2n) is 4.81. The lowest BCUT2D eigenvalue weighted by Crippen LogP contribution is -2.01. The van der Waals surface area contributed by atoms with Gasteiger partial charge in [0.15, 0.2) is 0 Å². The zero-order valence-corrected chi connectivity index (χ0v) is 11.5. The molecule has 0 aliphatic heterocycles. The van der Waals surface area contributed by atoms with Crippen molar-refractivity contribution in [2.45, 2.75) is 6.42 Å². The molecule has 0 spiro atoms. The predicted octanol–water partition coefficient (Wildman–Crippen LogP) is 3.75. The van der Waals surface area contributed by atoms with Crippen molar-refractivity contribution in [2.75, 3.05) is 5.32 Å². The fourth-order valence-corrected chi connectivity index (χ4v) is 2.22. The molecule has 3 aromatic rings. The van der Waals surface area contributed by atoms with E-state index in [9.17, 15) is 0 Å². The SMILES string of the molecule is Cn1ccnc1Nc1ccccc1Cc1ccccc1. The molecule has 1 heterocycles. The molecule has 0 radical (unpaired) electrons. The quantitative estimate of drug-likeness (QED) is 0.776. The first-order valence-corrected chi connectivity index (χ1v) is 6.69. The van der Waals surface area contributed by atoms with Crippen LogP contribution in [0.3, 0.4) is 0 Å². The van der Waals surface area contributed by atoms with Crippen molar-refractivity contribution in [3.63, 3.8) is 0 Å². The number of rotatable bonds is 4. The number of aryl methyl sites for hydroxylation is 1. The molecule has 0 saturated heterocycles. The molecule has 1 N–H and O–H groups in total. The summed E-state index contributed by atoms with van der Waals surface area (Å²) in [4.78, 5) is 4.31. The van der Waals surface area contributed by atoms with Crippen LogP contribution in [0.25, 0.3) is 0 Å². The topological polar surface area (TPSA) is 29.9 Å². The van der Waals surface area contributed by atoms with E-state index in [0.29, 0.717) is 0 Å². The van der Waals surface area contributed by atoms with E-state index in [1.807, 2.05) is 29.9 Å². The molecular weight excluding hydrogens is 246 g/mol. The minimum absolute atomic E-state index is 0.852. The van der Waals surface area contributed by atoms with Crippen LogP contribution < -0.4 is 5.32 Å². The van der Waals surface area contributed by atoms with Gasteiger partial charge in [-0.3, -0.25) is 0 Å². The van der Waals surface area contributed by atoms with Crippen LogP contribution in [0.2, 0.25) is 0 Å². The van der Waals surface area contributed by atoms with Gasteiger partial charge < -0.3 is 9.88 Å². The molecule has 0 amide bonds. The van der Waals surface area contributed by atoms with Gasteiger partial charge in [-0.1, -0.05) is 48.5 Å². The van der Waals surface area contributed by atoms with E-state index >= 15 is 0 Å². The molecule has 0 saturated carbocycles. The van der Waals surface area contributed by atoms with Crippen LogP contribution >= 0.6 is 0 Å². The van der Waals surface area contributed by atoms with Crippen LogP contribution in [0.4, 0.5) is 11.6 Å². The summed E-state index contributed by atoms with van der Waals surface area (Å²) in [6.45, 7) is 0. The Balaban J connectivity index is 1.87. The summed E-state index contributed by atoms with van der Waals surface area (Å²) < 4.78 is 1.97. The number of aromatic nitrogens is 2. The third-order valence-corrected chi connectivity index (χ3v) is 3.32. The number of benzene rings is 2. The molecule has 2 aromatic carbocycles. The Morgan fingerprint density at radius 1 is 1.00 bits per heavy atom. The number of hydrogen-bond donors (Lipinski definition) is 1. The highest BCUT2D eigenvalue weighted by Gasteiger charge is 2.05. The van der Waals surface area contributed by atoms with Crippen molar-refractivity contribution in [3.05, 3.63) is 78.1 Å². The largest absolute Gasteiger partial charge is 0.325 e. The van der Waals surface area contributed by atoms with Gasteiger partial charge in [0.2, 0.25) is 5.95 Å². The van der Waals surface area contributed by atoms with E-state index in [4.69, 9.17) is 0 Å². The Morgan fingerprint density at radius 3 is 2.50 bits per heavy atom. The first-order valence-electron chi connectivity index (χ1n) is 6.69. The van der Waals surface area contributed by atoms with E-state index in [1.165, 1.54) is 11.1 Å².